The van der Waals surface area contributed by atoms with Crippen LogP contribution in [0.4, 0.5) is 5.69 Å². The van der Waals surface area contributed by atoms with Gasteiger partial charge in [-0.05, 0) is 49.6 Å². The first kappa shape index (κ1) is 17.4. The van der Waals surface area contributed by atoms with Crippen LogP contribution in [0, 0.1) is 0 Å². The van der Waals surface area contributed by atoms with E-state index in [4.69, 9.17) is 16.3 Å². The number of hydrogen-bond acceptors (Lipinski definition) is 4. The van der Waals surface area contributed by atoms with Gasteiger partial charge in [-0.25, -0.2) is 0 Å². The normalized spacial score (nSPS) is 19.7. The summed E-state index contributed by atoms with van der Waals surface area (Å²) in [5.74, 6) is 0.327. The van der Waals surface area contributed by atoms with Gasteiger partial charge in [0.1, 0.15) is 5.75 Å². The first-order chi connectivity index (χ1) is 12.6. The van der Waals surface area contributed by atoms with Gasteiger partial charge >= 0.3 is 0 Å². The Morgan fingerprint density at radius 1 is 1.23 bits per heavy atom. The van der Waals surface area contributed by atoms with Gasteiger partial charge in [0.15, 0.2) is 0 Å². The maximum atomic E-state index is 13.1. The van der Waals surface area contributed by atoms with E-state index in [-0.39, 0.29) is 17.9 Å². The van der Waals surface area contributed by atoms with Crippen LogP contribution in [0.3, 0.4) is 0 Å². The second kappa shape index (κ2) is 7.29. The van der Waals surface area contributed by atoms with Crippen molar-refractivity contribution in [1.29, 1.82) is 0 Å². The number of hydrogen-bond donors (Lipinski definition) is 1. The Morgan fingerprint density at radius 3 is 2.92 bits per heavy atom. The Balaban J connectivity index is 1.60. The predicted octanol–water partition coefficient (Wildman–Crippen LogP) is 4.43. The molecule has 0 bridgehead atoms. The standard InChI is InChI=1S/C19H19ClN2O3S/c20-17-7-6-16(26-17)18(23)21-12-4-5-15-14(11-12)19(24)22-9-2-1-3-13(22)8-10-25-15/h4-7,11,13H,1-3,8-10H2,(H,21,23). The molecule has 1 saturated heterocycles. The zero-order valence-corrected chi connectivity index (χ0v) is 15.7. The molecule has 1 unspecified atom stereocenters. The topological polar surface area (TPSA) is 58.6 Å². The first-order valence-corrected chi connectivity index (χ1v) is 9.96. The van der Waals surface area contributed by atoms with Crippen LogP contribution >= 0.6 is 22.9 Å². The molecule has 1 aromatic carbocycles. The Labute approximate surface area is 160 Å². The number of piperidine rings is 1. The number of nitrogens with zero attached hydrogens (tertiary/aromatic N) is 1. The minimum atomic E-state index is -0.239. The summed E-state index contributed by atoms with van der Waals surface area (Å²) in [5, 5.41) is 2.84. The van der Waals surface area contributed by atoms with E-state index in [9.17, 15) is 9.59 Å². The van der Waals surface area contributed by atoms with Gasteiger partial charge in [-0.15, -0.1) is 11.3 Å². The van der Waals surface area contributed by atoms with Gasteiger partial charge in [0.2, 0.25) is 0 Å². The Kier molecular flexibility index (Phi) is 4.87. The molecule has 26 heavy (non-hydrogen) atoms. The van der Waals surface area contributed by atoms with Crippen LogP contribution in [0.2, 0.25) is 4.34 Å². The van der Waals surface area contributed by atoms with Gasteiger partial charge in [0.25, 0.3) is 11.8 Å². The van der Waals surface area contributed by atoms with Crippen molar-refractivity contribution in [3.8, 4) is 5.75 Å². The van der Waals surface area contributed by atoms with E-state index < -0.39 is 0 Å². The molecule has 7 heteroatoms. The molecule has 0 radical (unpaired) electrons. The summed E-state index contributed by atoms with van der Waals surface area (Å²) in [5.41, 5.74) is 1.09. The summed E-state index contributed by atoms with van der Waals surface area (Å²) >= 11 is 7.11. The molecule has 3 heterocycles. The van der Waals surface area contributed by atoms with E-state index >= 15 is 0 Å². The third-order valence-corrected chi connectivity index (χ3v) is 6.09. The lowest BCUT2D eigenvalue weighted by Gasteiger charge is -2.37. The van der Waals surface area contributed by atoms with Gasteiger partial charge in [-0.3, -0.25) is 9.59 Å². The fraction of sp³-hybridized carbons (Fsp3) is 0.368. The third-order valence-electron chi connectivity index (χ3n) is 4.86. The van der Waals surface area contributed by atoms with Crippen LogP contribution in [-0.2, 0) is 0 Å². The Morgan fingerprint density at radius 2 is 2.12 bits per heavy atom. The van der Waals surface area contributed by atoms with Crippen molar-refractivity contribution in [2.45, 2.75) is 31.7 Å². The molecule has 0 aliphatic carbocycles. The highest BCUT2D eigenvalue weighted by atomic mass is 35.5. The maximum Gasteiger partial charge on any atom is 0.265 e. The van der Waals surface area contributed by atoms with E-state index in [1.165, 1.54) is 11.3 Å². The second-order valence-corrected chi connectivity index (χ2v) is 8.27. The first-order valence-electron chi connectivity index (χ1n) is 8.76. The Bertz CT molecular complexity index is 851. The highest BCUT2D eigenvalue weighted by Crippen LogP contribution is 2.31. The molecule has 136 valence electrons. The summed E-state index contributed by atoms with van der Waals surface area (Å²) in [4.78, 5) is 27.9. The lowest BCUT2D eigenvalue weighted by atomic mass is 9.97. The average Bonchev–Trinajstić information content (AvgIpc) is 3.08. The van der Waals surface area contributed by atoms with Crippen molar-refractivity contribution in [2.75, 3.05) is 18.5 Å². The number of carbonyl (C=O) groups excluding carboxylic acids is 2. The largest absolute Gasteiger partial charge is 0.493 e. The molecule has 1 aromatic heterocycles. The number of amides is 2. The van der Waals surface area contributed by atoms with E-state index in [1.54, 1.807) is 30.3 Å². The molecule has 2 aliphatic rings. The van der Waals surface area contributed by atoms with Gasteiger partial charge in [-0.1, -0.05) is 11.6 Å². The molecule has 1 fully saturated rings. The molecule has 2 amide bonds. The fourth-order valence-corrected chi connectivity index (χ4v) is 4.50. The lowest BCUT2D eigenvalue weighted by molar-refractivity contribution is 0.0548. The SMILES string of the molecule is O=C(Nc1ccc2c(c1)C(=O)N1CCCCC1CCO2)c1ccc(Cl)s1. The number of carbonyl (C=O) groups is 2. The van der Waals surface area contributed by atoms with Gasteiger partial charge in [0, 0.05) is 24.7 Å². The number of rotatable bonds is 2. The van der Waals surface area contributed by atoms with Crippen molar-refractivity contribution < 1.29 is 14.3 Å². The highest BCUT2D eigenvalue weighted by Gasteiger charge is 2.31. The van der Waals surface area contributed by atoms with Gasteiger partial charge < -0.3 is 15.0 Å². The average molecular weight is 391 g/mol. The van der Waals surface area contributed by atoms with Crippen LogP contribution in [-0.4, -0.2) is 35.9 Å². The quantitative estimate of drug-likeness (QED) is 0.825. The lowest BCUT2D eigenvalue weighted by Crippen LogP contribution is -2.45. The zero-order chi connectivity index (χ0) is 18.1. The van der Waals surface area contributed by atoms with Crippen molar-refractivity contribution in [2.24, 2.45) is 0 Å². The summed E-state index contributed by atoms with van der Waals surface area (Å²) in [6.45, 7) is 1.38. The number of anilines is 1. The molecule has 4 rings (SSSR count). The van der Waals surface area contributed by atoms with Crippen LogP contribution in [0.15, 0.2) is 30.3 Å². The van der Waals surface area contributed by atoms with E-state index in [0.29, 0.717) is 32.8 Å². The number of halogens is 1. The Hall–Kier alpha value is -2.05. The number of fused-ring (bicyclic) bond motifs is 2. The fourth-order valence-electron chi connectivity index (χ4n) is 3.56. The zero-order valence-electron chi connectivity index (χ0n) is 14.2. The minimum absolute atomic E-state index is 0.0142. The van der Waals surface area contributed by atoms with Crippen LogP contribution in [0.25, 0.3) is 0 Å². The predicted molar refractivity (Wildman–Crippen MR) is 103 cm³/mol. The molecule has 2 aromatic rings. The van der Waals surface area contributed by atoms with E-state index in [0.717, 1.165) is 32.2 Å². The third kappa shape index (κ3) is 3.44. The molecular weight excluding hydrogens is 372 g/mol. The number of benzene rings is 1. The highest BCUT2D eigenvalue weighted by molar-refractivity contribution is 7.18. The van der Waals surface area contributed by atoms with Crippen LogP contribution < -0.4 is 10.1 Å². The van der Waals surface area contributed by atoms with Crippen molar-refractivity contribution >= 4 is 40.4 Å². The number of ether oxygens (including phenoxy) is 1. The van der Waals surface area contributed by atoms with Crippen LogP contribution in [0.1, 0.15) is 45.7 Å². The van der Waals surface area contributed by atoms with Crippen molar-refractivity contribution in [3.63, 3.8) is 0 Å². The summed E-state index contributed by atoms with van der Waals surface area (Å²) < 4.78 is 6.38. The second-order valence-electron chi connectivity index (χ2n) is 6.55. The molecule has 1 atom stereocenters. The number of thiophene rings is 1. The summed E-state index contributed by atoms with van der Waals surface area (Å²) in [6.07, 6.45) is 4.08. The monoisotopic (exact) mass is 390 g/mol. The van der Waals surface area contributed by atoms with Crippen molar-refractivity contribution in [3.05, 3.63) is 45.1 Å². The molecule has 2 aliphatic heterocycles. The molecule has 0 saturated carbocycles. The van der Waals surface area contributed by atoms with E-state index in [1.807, 2.05) is 4.90 Å². The summed E-state index contributed by atoms with van der Waals surface area (Å²) in [6, 6.07) is 8.85. The smallest absolute Gasteiger partial charge is 0.265 e. The molecule has 1 N–H and O–H groups in total. The van der Waals surface area contributed by atoms with Crippen molar-refractivity contribution in [1.82, 2.24) is 4.90 Å². The molecule has 5 nitrogen and oxygen atoms in total. The minimum Gasteiger partial charge on any atom is -0.493 e. The van der Waals surface area contributed by atoms with Crippen LogP contribution in [0.5, 0.6) is 5.75 Å². The van der Waals surface area contributed by atoms with Gasteiger partial charge in [0.05, 0.1) is 21.4 Å². The van der Waals surface area contributed by atoms with Gasteiger partial charge in [-0.2, -0.15) is 0 Å². The maximum absolute atomic E-state index is 13.1. The summed E-state index contributed by atoms with van der Waals surface area (Å²) in [7, 11) is 0. The molecule has 0 spiro atoms. The molecular formula is C19H19ClN2O3S. The number of nitrogens with one attached hydrogen (secondary N) is 1. The van der Waals surface area contributed by atoms with E-state index in [2.05, 4.69) is 5.32 Å².